The molecule has 2 rings (SSSR count). The maximum atomic E-state index is 12.1. The quantitative estimate of drug-likeness (QED) is 0.0381. The highest BCUT2D eigenvalue weighted by Gasteiger charge is 2.10. The van der Waals surface area contributed by atoms with Crippen molar-refractivity contribution in [2.24, 2.45) is 0 Å². The highest BCUT2D eigenvalue weighted by molar-refractivity contribution is 14.1. The second kappa shape index (κ2) is 37.7. The Hall–Kier alpha value is 1.36. The van der Waals surface area contributed by atoms with Gasteiger partial charge in [0.25, 0.3) is 0 Å². The van der Waals surface area contributed by atoms with Crippen molar-refractivity contribution in [1.82, 2.24) is 0 Å². The third-order valence-corrected chi connectivity index (χ3v) is 14.5. The Morgan fingerprint density at radius 3 is 0.828 bits per heavy atom. The third kappa shape index (κ3) is 29.7. The SMILES string of the molecule is O=C(CCCCCCCCCCCCCCOc1c(I)cc(I)cc1I)OCCCCOC(=O)CCCCCCCCCCCCCCOc1c(I)cc(I)cc1I. The molecule has 0 saturated heterocycles. The number of unbranched alkanes of at least 4 members (excludes halogenated alkanes) is 23. The van der Waals surface area contributed by atoms with Crippen LogP contribution in [0.4, 0.5) is 0 Å². The first-order chi connectivity index (χ1) is 28.2. The Morgan fingerprint density at radius 2 is 0.552 bits per heavy atom. The van der Waals surface area contributed by atoms with Crippen molar-refractivity contribution in [3.8, 4) is 11.5 Å². The molecule has 2 aromatic rings. The van der Waals surface area contributed by atoms with Crippen molar-refractivity contribution >= 4 is 147 Å². The summed E-state index contributed by atoms with van der Waals surface area (Å²) in [5.74, 6) is 1.88. The van der Waals surface area contributed by atoms with Crippen molar-refractivity contribution in [3.63, 3.8) is 0 Å². The van der Waals surface area contributed by atoms with Gasteiger partial charge < -0.3 is 18.9 Å². The molecular formula is C46H68I6O6. The van der Waals surface area contributed by atoms with Crippen LogP contribution in [0.25, 0.3) is 0 Å². The lowest BCUT2D eigenvalue weighted by molar-refractivity contribution is -0.146. The van der Waals surface area contributed by atoms with E-state index in [0.29, 0.717) is 26.1 Å². The van der Waals surface area contributed by atoms with Crippen molar-refractivity contribution < 1.29 is 28.5 Å². The summed E-state index contributed by atoms with van der Waals surface area (Å²) in [6.45, 7) is 2.44. The van der Waals surface area contributed by atoms with Crippen LogP contribution in [0.5, 0.6) is 11.5 Å². The van der Waals surface area contributed by atoms with E-state index in [1.54, 1.807) is 0 Å². The van der Waals surface area contributed by atoms with Gasteiger partial charge in [0.2, 0.25) is 0 Å². The van der Waals surface area contributed by atoms with Crippen LogP contribution in [0.1, 0.15) is 180 Å². The predicted molar refractivity (Wildman–Crippen MR) is 291 cm³/mol. The zero-order chi connectivity index (χ0) is 42.1. The Bertz CT molecular complexity index is 1240. The number of ether oxygens (including phenoxy) is 4. The predicted octanol–water partition coefficient (Wildman–Crippen LogP) is 16.8. The second-order valence-corrected chi connectivity index (χ2v) is 22.4. The summed E-state index contributed by atoms with van der Waals surface area (Å²) < 4.78 is 30.2. The molecule has 0 N–H and O–H groups in total. The molecule has 0 fully saturated rings. The van der Waals surface area contributed by atoms with Gasteiger partial charge in [0.15, 0.2) is 0 Å². The average Bonchev–Trinajstić information content (AvgIpc) is 3.17. The fraction of sp³-hybridized carbons (Fsp3) is 0.696. The molecule has 0 amide bonds. The van der Waals surface area contributed by atoms with E-state index in [-0.39, 0.29) is 11.9 Å². The third-order valence-electron chi connectivity index (χ3n) is 10.0. The first kappa shape index (κ1) is 55.5. The summed E-state index contributed by atoms with van der Waals surface area (Å²) >= 11 is 14.2. The Kier molecular flexibility index (Phi) is 36.1. The van der Waals surface area contributed by atoms with Crippen LogP contribution < -0.4 is 9.47 Å². The van der Waals surface area contributed by atoms with Crippen LogP contribution >= 0.6 is 136 Å². The smallest absolute Gasteiger partial charge is 0.305 e. The highest BCUT2D eigenvalue weighted by Crippen LogP contribution is 2.31. The second-order valence-electron chi connectivity index (χ2n) is 15.2. The fourth-order valence-electron chi connectivity index (χ4n) is 6.68. The Balaban J connectivity index is 1.23. The molecule has 0 unspecified atom stereocenters. The van der Waals surface area contributed by atoms with Crippen LogP contribution in [-0.4, -0.2) is 38.4 Å². The van der Waals surface area contributed by atoms with Gasteiger partial charge in [-0.1, -0.05) is 128 Å². The zero-order valence-corrected chi connectivity index (χ0v) is 47.6. The molecule has 12 heteroatoms. The van der Waals surface area contributed by atoms with Gasteiger partial charge in [-0.05, 0) is 198 Å². The lowest BCUT2D eigenvalue weighted by Crippen LogP contribution is -2.08. The molecule has 2 aromatic carbocycles. The number of benzene rings is 2. The molecule has 330 valence electrons. The van der Waals surface area contributed by atoms with Crippen LogP contribution in [-0.2, 0) is 19.1 Å². The topological polar surface area (TPSA) is 71.1 Å². The van der Waals surface area contributed by atoms with Crippen LogP contribution in [0.3, 0.4) is 0 Å². The largest absolute Gasteiger partial charge is 0.491 e. The van der Waals surface area contributed by atoms with Gasteiger partial charge in [0, 0.05) is 20.0 Å². The minimum atomic E-state index is -0.0980. The first-order valence-electron chi connectivity index (χ1n) is 22.0. The van der Waals surface area contributed by atoms with Gasteiger partial charge >= 0.3 is 11.9 Å². The van der Waals surface area contributed by atoms with E-state index in [1.807, 2.05) is 0 Å². The summed E-state index contributed by atoms with van der Waals surface area (Å²) in [5, 5.41) is 0. The van der Waals surface area contributed by atoms with E-state index >= 15 is 0 Å². The molecule has 58 heavy (non-hydrogen) atoms. The number of hydrogen-bond donors (Lipinski definition) is 0. The summed E-state index contributed by atoms with van der Waals surface area (Å²) in [7, 11) is 0. The molecule has 0 aliphatic rings. The van der Waals surface area contributed by atoms with Crippen LogP contribution in [0.15, 0.2) is 24.3 Å². The van der Waals surface area contributed by atoms with Gasteiger partial charge in [0.1, 0.15) is 11.5 Å². The van der Waals surface area contributed by atoms with Gasteiger partial charge in [-0.3, -0.25) is 9.59 Å². The van der Waals surface area contributed by atoms with Crippen molar-refractivity contribution in [2.45, 2.75) is 180 Å². The molecule has 6 nitrogen and oxygen atoms in total. The standard InChI is InChI=1S/C46H68I6O6/c47-37-33-39(49)45(40(50)34-37)57-31-23-19-15-11-7-3-1-5-9-13-17-21-27-43(53)55-29-25-26-30-56-44(54)28-22-18-14-10-6-2-4-8-12-16-20-24-32-58-46-41(51)35-38(48)36-42(46)52/h33-36H,1-32H2. The molecule has 0 saturated carbocycles. The summed E-state index contributed by atoms with van der Waals surface area (Å²) in [6.07, 6.45) is 31.9. The molecule has 0 aliphatic carbocycles. The van der Waals surface area contributed by atoms with Crippen molar-refractivity contribution in [2.75, 3.05) is 26.4 Å². The summed E-state index contributed by atoms with van der Waals surface area (Å²) in [6, 6.07) is 8.68. The maximum Gasteiger partial charge on any atom is 0.305 e. The number of halogens is 6. The van der Waals surface area contributed by atoms with Crippen molar-refractivity contribution in [1.29, 1.82) is 0 Å². The van der Waals surface area contributed by atoms with E-state index in [1.165, 1.54) is 137 Å². The zero-order valence-electron chi connectivity index (χ0n) is 34.7. The fourth-order valence-corrected chi connectivity index (χ4v) is 14.5. The van der Waals surface area contributed by atoms with Gasteiger partial charge in [-0.25, -0.2) is 0 Å². The number of esters is 2. The minimum Gasteiger partial charge on any atom is -0.491 e. The maximum absolute atomic E-state index is 12.1. The lowest BCUT2D eigenvalue weighted by Gasteiger charge is -2.11. The van der Waals surface area contributed by atoms with Crippen LogP contribution in [0.2, 0.25) is 0 Å². The molecule has 0 heterocycles. The summed E-state index contributed by atoms with van der Waals surface area (Å²) in [4.78, 5) is 24.1. The van der Waals surface area contributed by atoms with E-state index in [0.717, 1.165) is 76.1 Å². The minimum absolute atomic E-state index is 0.0980. The number of rotatable bonds is 37. The number of carbonyl (C=O) groups is 2. The van der Waals surface area contributed by atoms with Gasteiger partial charge in [-0.15, -0.1) is 0 Å². The van der Waals surface area contributed by atoms with E-state index in [2.05, 4.69) is 160 Å². The van der Waals surface area contributed by atoms with E-state index in [4.69, 9.17) is 18.9 Å². The Labute approximate surface area is 433 Å². The molecule has 0 bridgehead atoms. The molecule has 0 aliphatic heterocycles. The molecule has 0 radical (unpaired) electrons. The lowest BCUT2D eigenvalue weighted by atomic mass is 10.0. The summed E-state index contributed by atoms with van der Waals surface area (Å²) in [5.41, 5.74) is 0. The van der Waals surface area contributed by atoms with Crippen molar-refractivity contribution in [3.05, 3.63) is 45.7 Å². The molecular weight excluding hydrogens is 1410 g/mol. The normalized spacial score (nSPS) is 11.2. The van der Waals surface area contributed by atoms with Crippen LogP contribution in [0, 0.1) is 21.4 Å². The molecule has 0 spiro atoms. The van der Waals surface area contributed by atoms with E-state index < -0.39 is 0 Å². The number of hydrogen-bond acceptors (Lipinski definition) is 6. The van der Waals surface area contributed by atoms with Gasteiger partial charge in [-0.2, -0.15) is 0 Å². The van der Waals surface area contributed by atoms with E-state index in [9.17, 15) is 9.59 Å². The Morgan fingerprint density at radius 1 is 0.328 bits per heavy atom. The highest BCUT2D eigenvalue weighted by atomic mass is 127. The average molecular weight is 1480 g/mol. The van der Waals surface area contributed by atoms with Gasteiger partial charge in [0.05, 0.1) is 40.7 Å². The first-order valence-corrected chi connectivity index (χ1v) is 28.5. The molecule has 0 atom stereocenters. The molecule has 0 aromatic heterocycles. The monoisotopic (exact) mass is 1480 g/mol. The number of carbonyl (C=O) groups excluding carboxylic acids is 2.